The van der Waals surface area contributed by atoms with Crippen LogP contribution >= 0.6 is 9.12 Å². The Morgan fingerprint density at radius 1 is 1.25 bits per heavy atom. The van der Waals surface area contributed by atoms with Crippen molar-refractivity contribution in [2.24, 2.45) is 0 Å². The van der Waals surface area contributed by atoms with Crippen molar-refractivity contribution in [3.63, 3.8) is 0 Å². The van der Waals surface area contributed by atoms with Gasteiger partial charge in [-0.3, -0.25) is 4.57 Å². The molecule has 0 bridgehead atoms. The molecule has 0 atom stereocenters. The first kappa shape index (κ1) is 20.5. The van der Waals surface area contributed by atoms with Crippen molar-refractivity contribution in [2.45, 2.75) is 0 Å². The summed E-state index contributed by atoms with van der Waals surface area (Å²) in [5, 5.41) is 0. The van der Waals surface area contributed by atoms with E-state index in [1.165, 1.54) is 0 Å². The SMILES string of the molecule is O=P.[Li].[Si]. The van der Waals surface area contributed by atoms with Crippen LogP contribution in [0, 0.1) is 0 Å². The monoisotopic (exact) mass is 83.0 g/mol. The van der Waals surface area contributed by atoms with Crippen LogP contribution in [0.2, 0.25) is 0 Å². The fraction of sp³-hybridized carbons (Fsp3) is 0. The Labute approximate surface area is 44.0 Å². The Kier molecular flexibility index (Phi) is 204. The van der Waals surface area contributed by atoms with Gasteiger partial charge in [-0.2, -0.15) is 0 Å². The van der Waals surface area contributed by atoms with Crippen LogP contribution in [0.4, 0.5) is 0 Å². The van der Waals surface area contributed by atoms with Crippen molar-refractivity contribution in [1.29, 1.82) is 0 Å². The van der Waals surface area contributed by atoms with E-state index in [-0.39, 0.29) is 29.8 Å². The molecule has 0 aliphatic carbocycles. The van der Waals surface area contributed by atoms with Crippen molar-refractivity contribution in [3.8, 4) is 0 Å². The van der Waals surface area contributed by atoms with Gasteiger partial charge in [0.25, 0.3) is 0 Å². The molecule has 0 saturated carbocycles. The van der Waals surface area contributed by atoms with Crippen molar-refractivity contribution < 1.29 is 4.57 Å². The molecule has 0 heterocycles. The van der Waals surface area contributed by atoms with E-state index in [1.54, 1.807) is 9.12 Å². The zero-order chi connectivity index (χ0) is 2.00. The Bertz CT molecular complexity index is 8.00. The van der Waals surface area contributed by atoms with Crippen LogP contribution in [-0.2, 0) is 4.57 Å². The first-order chi connectivity index (χ1) is 1.00. The maximum absolute atomic E-state index is 8.06. The summed E-state index contributed by atoms with van der Waals surface area (Å²) in [7, 11) is 1.72. The number of rotatable bonds is 0. The number of hydrogen-bond donors (Lipinski definition) is 0. The van der Waals surface area contributed by atoms with Gasteiger partial charge in [-0.15, -0.1) is 0 Å². The molecule has 4 heavy (non-hydrogen) atoms. The molecule has 0 spiro atoms. The molecule has 0 unspecified atom stereocenters. The molecule has 0 aromatic heterocycles. The van der Waals surface area contributed by atoms with E-state index in [0.717, 1.165) is 0 Å². The quantitative estimate of drug-likeness (QED) is 0.290. The molecular weight excluding hydrogens is 82.0 g/mol. The zero-order valence-corrected chi connectivity index (χ0v) is 4.41. The molecule has 0 aromatic carbocycles. The largest absolute Gasteiger partial charge is 0.279 e. The summed E-state index contributed by atoms with van der Waals surface area (Å²) in [6, 6.07) is 0. The van der Waals surface area contributed by atoms with Crippen molar-refractivity contribution in [3.05, 3.63) is 0 Å². The Morgan fingerprint density at radius 3 is 1.25 bits per heavy atom. The summed E-state index contributed by atoms with van der Waals surface area (Å²) in [5.74, 6) is 0. The van der Waals surface area contributed by atoms with Crippen LogP contribution < -0.4 is 0 Å². The van der Waals surface area contributed by atoms with Gasteiger partial charge in [0.15, 0.2) is 0 Å². The molecule has 4 heteroatoms. The molecule has 1 nitrogen and oxygen atoms in total. The Balaban J connectivity index is -0.00000000500. The standard InChI is InChI=1S/Li.HOP.Si/c;1-2;/h;2H;. The van der Waals surface area contributed by atoms with Gasteiger partial charge in [0, 0.05) is 29.8 Å². The van der Waals surface area contributed by atoms with Gasteiger partial charge in [0.1, 0.15) is 9.12 Å². The fourth-order valence-corrected chi connectivity index (χ4v) is 0. The van der Waals surface area contributed by atoms with E-state index in [1.807, 2.05) is 0 Å². The number of hydrogen-bond acceptors (Lipinski definition) is 1. The first-order valence-electron chi connectivity index (χ1n) is 0.204. The molecule has 0 rings (SSSR count). The van der Waals surface area contributed by atoms with Crippen LogP contribution in [0.25, 0.3) is 0 Å². The van der Waals surface area contributed by atoms with Gasteiger partial charge in [-0.1, -0.05) is 0 Å². The van der Waals surface area contributed by atoms with Crippen molar-refractivity contribution >= 4 is 38.9 Å². The minimum atomic E-state index is 0. The summed E-state index contributed by atoms with van der Waals surface area (Å²) in [4.78, 5) is 0. The molecule has 0 aliphatic rings. The maximum Gasteiger partial charge on any atom is 0.138 e. The topological polar surface area (TPSA) is 17.1 Å². The van der Waals surface area contributed by atoms with E-state index in [2.05, 4.69) is 0 Å². The van der Waals surface area contributed by atoms with E-state index in [4.69, 9.17) is 4.57 Å². The minimum absolute atomic E-state index is 0. The van der Waals surface area contributed by atoms with Gasteiger partial charge < -0.3 is 0 Å². The second kappa shape index (κ2) is 39.8. The second-order valence-corrected chi connectivity index (χ2v) is 0. The van der Waals surface area contributed by atoms with E-state index < -0.39 is 0 Å². The molecule has 0 N–H and O–H groups in total. The molecule has 5 radical (unpaired) electrons. The van der Waals surface area contributed by atoms with Gasteiger partial charge in [-0.05, 0) is 0 Å². The smallest absolute Gasteiger partial charge is 0.138 e. The normalized spacial score (nSPS) is 1.00. The molecular formula is HLiOPSi. The summed E-state index contributed by atoms with van der Waals surface area (Å²) < 4.78 is 8.06. The predicted molar refractivity (Wildman–Crippen MR) is 20.5 cm³/mol. The Hall–Kier alpha value is 0.914. The minimum Gasteiger partial charge on any atom is -0.279 e. The van der Waals surface area contributed by atoms with E-state index in [9.17, 15) is 0 Å². The molecule has 0 saturated heterocycles. The van der Waals surface area contributed by atoms with Gasteiger partial charge in [0.2, 0.25) is 0 Å². The summed E-state index contributed by atoms with van der Waals surface area (Å²) in [6.45, 7) is 0. The van der Waals surface area contributed by atoms with Crippen LogP contribution in [0.3, 0.4) is 0 Å². The predicted octanol–water partition coefficient (Wildman–Crippen LogP) is -0.287. The maximum atomic E-state index is 8.06. The third-order valence-corrected chi connectivity index (χ3v) is 0. The van der Waals surface area contributed by atoms with Crippen LogP contribution in [-0.4, -0.2) is 29.8 Å². The summed E-state index contributed by atoms with van der Waals surface area (Å²) >= 11 is 0. The van der Waals surface area contributed by atoms with E-state index in [0.29, 0.717) is 0 Å². The molecule has 0 aromatic rings. The van der Waals surface area contributed by atoms with Crippen molar-refractivity contribution in [2.75, 3.05) is 0 Å². The zero-order valence-electron chi connectivity index (χ0n) is 2.41. The van der Waals surface area contributed by atoms with Gasteiger partial charge >= 0.3 is 0 Å². The third kappa shape index (κ3) is 12.8. The summed E-state index contributed by atoms with van der Waals surface area (Å²) in [5.41, 5.74) is 0. The molecule has 17 valence electrons. The molecule has 0 aliphatic heterocycles. The first-order valence-corrected chi connectivity index (χ1v) is 0.612. The average Bonchev–Trinajstić information content (AvgIpc) is 1.00. The van der Waals surface area contributed by atoms with E-state index >= 15 is 0 Å². The summed E-state index contributed by atoms with van der Waals surface area (Å²) in [6.07, 6.45) is 0. The average molecular weight is 83.0 g/mol. The van der Waals surface area contributed by atoms with Gasteiger partial charge in [-0.25, -0.2) is 0 Å². The van der Waals surface area contributed by atoms with Crippen LogP contribution in [0.1, 0.15) is 0 Å². The fourth-order valence-electron chi connectivity index (χ4n) is 0. The molecule has 0 amide bonds. The molecule has 0 fully saturated rings. The van der Waals surface area contributed by atoms with Crippen LogP contribution in [0.15, 0.2) is 0 Å². The Morgan fingerprint density at radius 2 is 1.25 bits per heavy atom. The van der Waals surface area contributed by atoms with Crippen molar-refractivity contribution in [1.82, 2.24) is 0 Å². The van der Waals surface area contributed by atoms with Crippen LogP contribution in [0.5, 0.6) is 0 Å². The third-order valence-electron chi connectivity index (χ3n) is 0. The van der Waals surface area contributed by atoms with Gasteiger partial charge in [0.05, 0.1) is 0 Å². The second-order valence-electron chi connectivity index (χ2n) is 0.